The van der Waals surface area contributed by atoms with Crippen LogP contribution in [0.5, 0.6) is 5.75 Å². The minimum absolute atomic E-state index is 0.0321. The molecule has 0 bridgehead atoms. The van der Waals surface area contributed by atoms with Crippen LogP contribution in [0.3, 0.4) is 0 Å². The van der Waals surface area contributed by atoms with Gasteiger partial charge in [0.1, 0.15) is 5.75 Å². The molecule has 0 unspecified atom stereocenters. The zero-order valence-electron chi connectivity index (χ0n) is 12.4. The summed E-state index contributed by atoms with van der Waals surface area (Å²) < 4.78 is 7.39. The Morgan fingerprint density at radius 3 is 2.41 bits per heavy atom. The summed E-state index contributed by atoms with van der Waals surface area (Å²) in [4.78, 5) is 11.9. The standard InChI is InChI=1S/C17H17Br2NO2/c1-11(2)12-3-8-16(15(19)9-12)22-10-17(21)20-14-6-4-13(18)5-7-14/h3-9,11H,10H2,1-2H3,(H,20,21). The van der Waals surface area contributed by atoms with Crippen LogP contribution in [-0.4, -0.2) is 12.5 Å². The van der Waals surface area contributed by atoms with E-state index < -0.39 is 0 Å². The second-order valence-corrected chi connectivity index (χ2v) is 6.96. The topological polar surface area (TPSA) is 38.3 Å². The van der Waals surface area contributed by atoms with E-state index in [2.05, 4.69) is 51.0 Å². The van der Waals surface area contributed by atoms with Crippen molar-refractivity contribution >= 4 is 43.5 Å². The molecule has 0 fully saturated rings. The van der Waals surface area contributed by atoms with Crippen molar-refractivity contribution in [3.05, 3.63) is 57.0 Å². The highest BCUT2D eigenvalue weighted by atomic mass is 79.9. The molecule has 2 rings (SSSR count). The van der Waals surface area contributed by atoms with Gasteiger partial charge < -0.3 is 10.1 Å². The number of carbonyl (C=O) groups is 1. The molecule has 0 heterocycles. The van der Waals surface area contributed by atoms with E-state index in [1.165, 1.54) is 5.56 Å². The molecule has 0 spiro atoms. The van der Waals surface area contributed by atoms with Crippen molar-refractivity contribution in [3.8, 4) is 5.75 Å². The first kappa shape index (κ1) is 17.0. The third-order valence-electron chi connectivity index (χ3n) is 3.11. The van der Waals surface area contributed by atoms with Crippen molar-refractivity contribution < 1.29 is 9.53 Å². The molecule has 22 heavy (non-hydrogen) atoms. The van der Waals surface area contributed by atoms with E-state index in [0.717, 1.165) is 14.6 Å². The predicted molar refractivity (Wildman–Crippen MR) is 96.5 cm³/mol. The number of benzene rings is 2. The maximum Gasteiger partial charge on any atom is 0.262 e. The van der Waals surface area contributed by atoms with Crippen molar-refractivity contribution in [2.24, 2.45) is 0 Å². The highest BCUT2D eigenvalue weighted by molar-refractivity contribution is 9.10. The van der Waals surface area contributed by atoms with E-state index in [4.69, 9.17) is 4.74 Å². The fourth-order valence-electron chi connectivity index (χ4n) is 1.87. The summed E-state index contributed by atoms with van der Waals surface area (Å²) in [5, 5.41) is 2.79. The highest BCUT2D eigenvalue weighted by Crippen LogP contribution is 2.28. The third kappa shape index (κ3) is 4.85. The maximum atomic E-state index is 11.9. The quantitative estimate of drug-likeness (QED) is 0.699. The Morgan fingerprint density at radius 2 is 1.82 bits per heavy atom. The fraction of sp³-hybridized carbons (Fsp3) is 0.235. The van der Waals surface area contributed by atoms with Gasteiger partial charge in [0.05, 0.1) is 4.47 Å². The molecule has 0 atom stereocenters. The molecular formula is C17H17Br2NO2. The Hall–Kier alpha value is -1.33. The summed E-state index contributed by atoms with van der Waals surface area (Å²) in [7, 11) is 0. The number of hydrogen-bond donors (Lipinski definition) is 1. The lowest BCUT2D eigenvalue weighted by Gasteiger charge is -2.11. The number of amides is 1. The maximum absolute atomic E-state index is 11.9. The molecule has 0 aromatic heterocycles. The molecule has 1 N–H and O–H groups in total. The molecule has 116 valence electrons. The van der Waals surface area contributed by atoms with Gasteiger partial charge in [-0.15, -0.1) is 0 Å². The summed E-state index contributed by atoms with van der Waals surface area (Å²) in [6, 6.07) is 13.3. The van der Waals surface area contributed by atoms with Gasteiger partial charge in [0.15, 0.2) is 6.61 Å². The number of hydrogen-bond acceptors (Lipinski definition) is 2. The number of ether oxygens (including phenoxy) is 1. The second-order valence-electron chi connectivity index (χ2n) is 5.19. The van der Waals surface area contributed by atoms with Crippen LogP contribution in [0.4, 0.5) is 5.69 Å². The van der Waals surface area contributed by atoms with E-state index in [-0.39, 0.29) is 12.5 Å². The Balaban J connectivity index is 1.92. The van der Waals surface area contributed by atoms with Gasteiger partial charge in [0.25, 0.3) is 5.91 Å². The van der Waals surface area contributed by atoms with Crippen LogP contribution >= 0.6 is 31.9 Å². The Kier molecular flexibility index (Phi) is 6.03. The molecule has 0 aliphatic heterocycles. The molecule has 0 radical (unpaired) electrons. The zero-order valence-corrected chi connectivity index (χ0v) is 15.6. The number of anilines is 1. The van der Waals surface area contributed by atoms with Crippen LogP contribution in [0.1, 0.15) is 25.3 Å². The number of nitrogens with one attached hydrogen (secondary N) is 1. The van der Waals surface area contributed by atoms with Gasteiger partial charge in [-0.25, -0.2) is 0 Å². The third-order valence-corrected chi connectivity index (χ3v) is 4.26. The van der Waals surface area contributed by atoms with Crippen molar-refractivity contribution in [1.29, 1.82) is 0 Å². The molecule has 0 saturated carbocycles. The van der Waals surface area contributed by atoms with Crippen LogP contribution in [-0.2, 0) is 4.79 Å². The Labute approximate surface area is 147 Å². The molecule has 0 aliphatic carbocycles. The molecule has 0 aliphatic rings. The molecule has 2 aromatic rings. The summed E-state index contributed by atoms with van der Waals surface area (Å²) in [6.45, 7) is 4.23. The monoisotopic (exact) mass is 425 g/mol. The summed E-state index contributed by atoms with van der Waals surface area (Å²) in [5.74, 6) is 0.920. The van der Waals surface area contributed by atoms with Crippen LogP contribution in [0.2, 0.25) is 0 Å². The van der Waals surface area contributed by atoms with Gasteiger partial charge in [-0.2, -0.15) is 0 Å². The van der Waals surface area contributed by atoms with E-state index in [1.54, 1.807) is 0 Å². The van der Waals surface area contributed by atoms with E-state index >= 15 is 0 Å². The van der Waals surface area contributed by atoms with Gasteiger partial charge in [-0.1, -0.05) is 35.8 Å². The first-order chi connectivity index (χ1) is 10.5. The van der Waals surface area contributed by atoms with Gasteiger partial charge in [0.2, 0.25) is 0 Å². The molecule has 3 nitrogen and oxygen atoms in total. The van der Waals surface area contributed by atoms with Crippen LogP contribution in [0.15, 0.2) is 51.4 Å². The zero-order chi connectivity index (χ0) is 16.1. The summed E-state index contributed by atoms with van der Waals surface area (Å²) >= 11 is 6.83. The van der Waals surface area contributed by atoms with Crippen molar-refractivity contribution in [2.45, 2.75) is 19.8 Å². The lowest BCUT2D eigenvalue weighted by atomic mass is 10.0. The van der Waals surface area contributed by atoms with Crippen LogP contribution in [0.25, 0.3) is 0 Å². The van der Waals surface area contributed by atoms with E-state index in [0.29, 0.717) is 11.7 Å². The van der Waals surface area contributed by atoms with Crippen LogP contribution in [0, 0.1) is 0 Å². The van der Waals surface area contributed by atoms with E-state index in [1.807, 2.05) is 42.5 Å². The molecule has 0 saturated heterocycles. The fourth-order valence-corrected chi connectivity index (χ4v) is 2.64. The van der Waals surface area contributed by atoms with Crippen LogP contribution < -0.4 is 10.1 Å². The minimum atomic E-state index is -0.192. The average Bonchev–Trinajstić information content (AvgIpc) is 2.48. The Bertz CT molecular complexity index is 654. The normalized spacial score (nSPS) is 10.6. The van der Waals surface area contributed by atoms with Gasteiger partial charge in [-0.3, -0.25) is 4.79 Å². The van der Waals surface area contributed by atoms with Crippen molar-refractivity contribution in [2.75, 3.05) is 11.9 Å². The number of halogens is 2. The lowest BCUT2D eigenvalue weighted by molar-refractivity contribution is -0.118. The molecular weight excluding hydrogens is 410 g/mol. The predicted octanol–water partition coefficient (Wildman–Crippen LogP) is 5.35. The smallest absolute Gasteiger partial charge is 0.262 e. The first-order valence-electron chi connectivity index (χ1n) is 6.93. The highest BCUT2D eigenvalue weighted by Gasteiger charge is 2.08. The molecule has 1 amide bonds. The van der Waals surface area contributed by atoms with Crippen molar-refractivity contribution in [3.63, 3.8) is 0 Å². The largest absolute Gasteiger partial charge is 0.483 e. The average molecular weight is 427 g/mol. The van der Waals surface area contributed by atoms with Gasteiger partial charge in [-0.05, 0) is 63.8 Å². The number of rotatable bonds is 5. The second kappa shape index (κ2) is 7.79. The van der Waals surface area contributed by atoms with Gasteiger partial charge in [0, 0.05) is 10.2 Å². The first-order valence-corrected chi connectivity index (χ1v) is 8.52. The number of carbonyl (C=O) groups excluding carboxylic acids is 1. The van der Waals surface area contributed by atoms with E-state index in [9.17, 15) is 4.79 Å². The summed E-state index contributed by atoms with van der Waals surface area (Å²) in [5.41, 5.74) is 1.96. The van der Waals surface area contributed by atoms with Crippen molar-refractivity contribution in [1.82, 2.24) is 0 Å². The minimum Gasteiger partial charge on any atom is -0.483 e. The summed E-state index contributed by atoms with van der Waals surface area (Å²) in [6.07, 6.45) is 0. The SMILES string of the molecule is CC(C)c1ccc(OCC(=O)Nc2ccc(Br)cc2)c(Br)c1. The molecule has 5 heteroatoms. The lowest BCUT2D eigenvalue weighted by Crippen LogP contribution is -2.20. The molecule has 2 aromatic carbocycles. The Morgan fingerprint density at radius 1 is 1.14 bits per heavy atom. The van der Waals surface area contributed by atoms with Gasteiger partial charge >= 0.3 is 0 Å².